The normalized spacial score (nSPS) is 11.7. The van der Waals surface area contributed by atoms with Crippen molar-refractivity contribution < 1.29 is 0 Å². The fourth-order valence-electron chi connectivity index (χ4n) is 4.83. The number of aromatic nitrogens is 3. The number of aryl methyl sites for hydroxylation is 4. The van der Waals surface area contributed by atoms with Crippen LogP contribution in [0.15, 0.2) is 70.8 Å². The van der Waals surface area contributed by atoms with Crippen LogP contribution in [0.5, 0.6) is 0 Å². The third kappa shape index (κ3) is 4.96. The van der Waals surface area contributed by atoms with E-state index in [4.69, 9.17) is 11.6 Å². The van der Waals surface area contributed by atoms with E-state index in [1.54, 1.807) is 0 Å². The SMILES string of the molecule is CCCCc1cn(-c2c(C)cc(C)cc2C)c(=O)n1Cc1ccc(-c2ccccc2/C(N)=N/N)nc1. The van der Waals surface area contributed by atoms with Gasteiger partial charge in [0.05, 0.1) is 17.9 Å². The Morgan fingerprint density at radius 3 is 2.42 bits per heavy atom. The molecule has 36 heavy (non-hydrogen) atoms. The number of benzene rings is 2. The van der Waals surface area contributed by atoms with Gasteiger partial charge in [-0.2, -0.15) is 5.10 Å². The van der Waals surface area contributed by atoms with Crippen LogP contribution in [-0.4, -0.2) is 20.0 Å². The molecule has 0 unspecified atom stereocenters. The van der Waals surface area contributed by atoms with Crippen LogP contribution in [0.25, 0.3) is 16.9 Å². The van der Waals surface area contributed by atoms with E-state index in [0.717, 1.165) is 64.2 Å². The minimum absolute atomic E-state index is 0.0301. The summed E-state index contributed by atoms with van der Waals surface area (Å²) < 4.78 is 3.68. The highest BCUT2D eigenvalue weighted by Gasteiger charge is 2.17. The maximum atomic E-state index is 13.7. The van der Waals surface area contributed by atoms with Gasteiger partial charge in [0.1, 0.15) is 0 Å². The van der Waals surface area contributed by atoms with E-state index in [9.17, 15) is 4.79 Å². The largest absolute Gasteiger partial charge is 0.382 e. The molecule has 2 aromatic carbocycles. The topological polar surface area (TPSA) is 104 Å². The molecule has 2 aromatic heterocycles. The van der Waals surface area contributed by atoms with Gasteiger partial charge in [-0.05, 0) is 56.4 Å². The van der Waals surface area contributed by atoms with E-state index < -0.39 is 0 Å². The zero-order chi connectivity index (χ0) is 25.8. The standard InChI is InChI=1S/C29H34N6O/c1-5-6-9-23-18-35(27-20(3)14-19(2)15-21(27)4)29(36)34(23)17-22-12-13-26(32-16-22)24-10-7-8-11-25(24)28(30)33-31/h7-8,10-16,18H,5-6,9,17,31H2,1-4H3,(H2,30,33). The van der Waals surface area contributed by atoms with Crippen molar-refractivity contribution in [3.05, 3.63) is 105 Å². The van der Waals surface area contributed by atoms with Crippen LogP contribution in [-0.2, 0) is 13.0 Å². The van der Waals surface area contributed by atoms with Crippen molar-refractivity contribution in [3.63, 3.8) is 0 Å². The minimum Gasteiger partial charge on any atom is -0.382 e. The Balaban J connectivity index is 1.71. The predicted molar refractivity (Wildman–Crippen MR) is 147 cm³/mol. The Hall–Kier alpha value is -4.13. The molecule has 7 nitrogen and oxygen atoms in total. The van der Waals surface area contributed by atoms with Gasteiger partial charge in [-0.3, -0.25) is 14.1 Å². The number of pyridine rings is 1. The molecule has 4 rings (SSSR count). The number of rotatable bonds is 8. The average molecular weight is 483 g/mol. The second kappa shape index (κ2) is 10.6. The molecule has 0 radical (unpaired) electrons. The number of nitrogens with zero attached hydrogens (tertiary/aromatic N) is 4. The Morgan fingerprint density at radius 1 is 1.06 bits per heavy atom. The maximum absolute atomic E-state index is 13.7. The summed E-state index contributed by atoms with van der Waals surface area (Å²) in [6.45, 7) is 8.82. The molecule has 7 heteroatoms. The summed E-state index contributed by atoms with van der Waals surface area (Å²) in [6.07, 6.45) is 6.76. The number of amidine groups is 1. The average Bonchev–Trinajstić information content (AvgIpc) is 3.16. The zero-order valence-electron chi connectivity index (χ0n) is 21.5. The van der Waals surface area contributed by atoms with Crippen LogP contribution in [0.4, 0.5) is 0 Å². The molecular weight excluding hydrogens is 448 g/mol. The second-order valence-corrected chi connectivity index (χ2v) is 9.32. The minimum atomic E-state index is -0.0301. The van der Waals surface area contributed by atoms with E-state index >= 15 is 0 Å². The van der Waals surface area contributed by atoms with Crippen molar-refractivity contribution in [1.82, 2.24) is 14.1 Å². The zero-order valence-corrected chi connectivity index (χ0v) is 21.5. The third-order valence-corrected chi connectivity index (χ3v) is 6.51. The Bertz CT molecular complexity index is 1440. The summed E-state index contributed by atoms with van der Waals surface area (Å²) in [7, 11) is 0. The summed E-state index contributed by atoms with van der Waals surface area (Å²) in [4.78, 5) is 18.3. The number of hydrogen-bond donors (Lipinski definition) is 2. The lowest BCUT2D eigenvalue weighted by molar-refractivity contribution is 0.672. The van der Waals surface area contributed by atoms with Gasteiger partial charge in [-0.25, -0.2) is 4.79 Å². The maximum Gasteiger partial charge on any atom is 0.333 e. The molecule has 0 aliphatic rings. The summed E-state index contributed by atoms with van der Waals surface area (Å²) in [6, 6.07) is 15.8. The molecule has 0 aliphatic heterocycles. The van der Waals surface area contributed by atoms with Crippen molar-refractivity contribution >= 4 is 5.84 Å². The van der Waals surface area contributed by atoms with Crippen LogP contribution >= 0.6 is 0 Å². The fourth-order valence-corrected chi connectivity index (χ4v) is 4.83. The van der Waals surface area contributed by atoms with Crippen LogP contribution in [0.3, 0.4) is 0 Å². The van der Waals surface area contributed by atoms with Gasteiger partial charge >= 0.3 is 5.69 Å². The third-order valence-electron chi connectivity index (χ3n) is 6.51. The first-order chi connectivity index (χ1) is 17.3. The lowest BCUT2D eigenvalue weighted by atomic mass is 10.0. The fraction of sp³-hybridized carbons (Fsp3) is 0.276. The van der Waals surface area contributed by atoms with Gasteiger partial charge in [0.25, 0.3) is 0 Å². The molecule has 0 saturated heterocycles. The van der Waals surface area contributed by atoms with Crippen molar-refractivity contribution in [2.45, 2.75) is 53.5 Å². The van der Waals surface area contributed by atoms with Gasteiger partial charge in [-0.1, -0.05) is 61.4 Å². The lowest BCUT2D eigenvalue weighted by Crippen LogP contribution is -2.25. The Labute approximate surface area is 212 Å². The van der Waals surface area contributed by atoms with Crippen LogP contribution in [0.1, 0.15) is 53.3 Å². The van der Waals surface area contributed by atoms with Crippen LogP contribution in [0.2, 0.25) is 0 Å². The molecule has 0 amide bonds. The van der Waals surface area contributed by atoms with E-state index in [-0.39, 0.29) is 11.5 Å². The molecule has 0 atom stereocenters. The molecule has 2 heterocycles. The molecule has 0 saturated carbocycles. The Kier molecular flexibility index (Phi) is 7.38. The molecular formula is C29H34N6O. The summed E-state index contributed by atoms with van der Waals surface area (Å²) in [5.41, 5.74) is 14.6. The second-order valence-electron chi connectivity index (χ2n) is 9.32. The highest BCUT2D eigenvalue weighted by molar-refractivity contribution is 6.02. The Morgan fingerprint density at radius 2 is 1.78 bits per heavy atom. The number of imidazole rings is 1. The van der Waals surface area contributed by atoms with Gasteiger partial charge in [-0.15, -0.1) is 0 Å². The van der Waals surface area contributed by atoms with E-state index in [0.29, 0.717) is 6.54 Å². The number of unbranched alkanes of at least 4 members (excludes halogenated alkanes) is 1. The van der Waals surface area contributed by atoms with Gasteiger partial charge in [0, 0.05) is 29.2 Å². The lowest BCUT2D eigenvalue weighted by Gasteiger charge is -2.11. The highest BCUT2D eigenvalue weighted by Crippen LogP contribution is 2.23. The van der Waals surface area contributed by atoms with Gasteiger partial charge in [0.2, 0.25) is 0 Å². The number of hydrazone groups is 1. The molecule has 4 N–H and O–H groups in total. The van der Waals surface area contributed by atoms with E-state index in [1.165, 1.54) is 5.56 Å². The van der Waals surface area contributed by atoms with E-state index in [2.05, 4.69) is 49.9 Å². The highest BCUT2D eigenvalue weighted by atomic mass is 16.1. The van der Waals surface area contributed by atoms with Crippen molar-refractivity contribution in [2.75, 3.05) is 0 Å². The number of nitrogens with two attached hydrogens (primary N) is 2. The predicted octanol–water partition coefficient (Wildman–Crippen LogP) is 4.60. The van der Waals surface area contributed by atoms with Crippen molar-refractivity contribution in [1.29, 1.82) is 0 Å². The molecule has 0 spiro atoms. The summed E-state index contributed by atoms with van der Waals surface area (Å²) in [5, 5.41) is 3.63. The summed E-state index contributed by atoms with van der Waals surface area (Å²) in [5.74, 6) is 5.66. The molecule has 186 valence electrons. The van der Waals surface area contributed by atoms with Crippen molar-refractivity contribution in [3.8, 4) is 16.9 Å². The van der Waals surface area contributed by atoms with E-state index in [1.807, 2.05) is 57.9 Å². The van der Waals surface area contributed by atoms with Crippen molar-refractivity contribution in [2.24, 2.45) is 16.7 Å². The molecule has 4 aromatic rings. The van der Waals surface area contributed by atoms with Crippen LogP contribution < -0.4 is 17.3 Å². The smallest absolute Gasteiger partial charge is 0.333 e. The summed E-state index contributed by atoms with van der Waals surface area (Å²) >= 11 is 0. The quantitative estimate of drug-likeness (QED) is 0.166. The number of hydrogen-bond acceptors (Lipinski definition) is 4. The molecule has 0 aliphatic carbocycles. The molecule has 0 fully saturated rings. The van der Waals surface area contributed by atoms with Gasteiger partial charge < -0.3 is 11.6 Å². The first-order valence-corrected chi connectivity index (χ1v) is 12.3. The molecule has 0 bridgehead atoms. The van der Waals surface area contributed by atoms with Crippen LogP contribution in [0, 0.1) is 20.8 Å². The van der Waals surface area contributed by atoms with Gasteiger partial charge in [0.15, 0.2) is 5.84 Å². The first kappa shape index (κ1) is 25.0. The monoisotopic (exact) mass is 482 g/mol. The first-order valence-electron chi connectivity index (χ1n) is 12.3.